The van der Waals surface area contributed by atoms with Gasteiger partial charge in [-0.25, -0.2) is 13.6 Å². The molecule has 2 N–H and O–H groups in total. The number of nitrogens with zero attached hydrogens (tertiary/aromatic N) is 1. The van der Waals surface area contributed by atoms with Gasteiger partial charge < -0.3 is 4.90 Å². The van der Waals surface area contributed by atoms with Crippen molar-refractivity contribution in [1.29, 1.82) is 0 Å². The number of aryl methyl sites for hydroxylation is 1. The SMILES string of the molecule is Cc1ccc(S(N)(=O)=O)c(C(=O)N2CCC(C)C2)c1. The van der Waals surface area contributed by atoms with Crippen molar-refractivity contribution in [2.24, 2.45) is 11.1 Å². The van der Waals surface area contributed by atoms with Crippen LogP contribution in [0.3, 0.4) is 0 Å². The Bertz CT molecular complexity index is 610. The summed E-state index contributed by atoms with van der Waals surface area (Å²) in [4.78, 5) is 14.0. The molecule has 104 valence electrons. The largest absolute Gasteiger partial charge is 0.338 e. The molecule has 0 aliphatic carbocycles. The number of hydrogen-bond acceptors (Lipinski definition) is 3. The molecule has 0 bridgehead atoms. The fourth-order valence-electron chi connectivity index (χ4n) is 2.35. The number of carbonyl (C=O) groups is 1. The molecule has 1 heterocycles. The van der Waals surface area contributed by atoms with Crippen molar-refractivity contribution >= 4 is 15.9 Å². The lowest BCUT2D eigenvalue weighted by atomic mass is 10.1. The molecule has 0 radical (unpaired) electrons. The summed E-state index contributed by atoms with van der Waals surface area (Å²) < 4.78 is 23.1. The lowest BCUT2D eigenvalue weighted by Crippen LogP contribution is -2.30. The van der Waals surface area contributed by atoms with Gasteiger partial charge in [-0.3, -0.25) is 4.79 Å². The predicted octanol–water partition coefficient (Wildman–Crippen LogP) is 1.12. The Labute approximate surface area is 113 Å². The highest BCUT2D eigenvalue weighted by Gasteiger charge is 2.28. The van der Waals surface area contributed by atoms with E-state index in [4.69, 9.17) is 5.14 Å². The third-order valence-electron chi connectivity index (χ3n) is 3.38. The van der Waals surface area contributed by atoms with Gasteiger partial charge in [-0.05, 0) is 31.4 Å². The molecule has 2 rings (SSSR count). The number of amides is 1. The molecule has 0 saturated carbocycles. The van der Waals surface area contributed by atoms with Gasteiger partial charge in [0.2, 0.25) is 10.0 Å². The molecule has 1 aromatic rings. The van der Waals surface area contributed by atoms with Gasteiger partial charge in [0.1, 0.15) is 0 Å². The summed E-state index contributed by atoms with van der Waals surface area (Å²) in [5, 5.41) is 5.17. The van der Waals surface area contributed by atoms with Crippen molar-refractivity contribution in [1.82, 2.24) is 4.90 Å². The van der Waals surface area contributed by atoms with Gasteiger partial charge in [-0.2, -0.15) is 0 Å². The zero-order chi connectivity index (χ0) is 14.2. The first kappa shape index (κ1) is 14.0. The predicted molar refractivity (Wildman–Crippen MR) is 72.2 cm³/mol. The molecule has 1 unspecified atom stereocenters. The minimum absolute atomic E-state index is 0.0948. The average Bonchev–Trinajstić information content (AvgIpc) is 2.73. The Morgan fingerprint density at radius 2 is 2.11 bits per heavy atom. The van der Waals surface area contributed by atoms with E-state index in [0.29, 0.717) is 19.0 Å². The van der Waals surface area contributed by atoms with Gasteiger partial charge in [-0.15, -0.1) is 0 Å². The lowest BCUT2D eigenvalue weighted by molar-refractivity contribution is 0.0784. The number of benzene rings is 1. The maximum Gasteiger partial charge on any atom is 0.255 e. The molecule has 0 spiro atoms. The molecule has 19 heavy (non-hydrogen) atoms. The van der Waals surface area contributed by atoms with Crippen LogP contribution in [0, 0.1) is 12.8 Å². The Balaban J connectivity index is 2.43. The van der Waals surface area contributed by atoms with Crippen molar-refractivity contribution in [2.45, 2.75) is 25.2 Å². The molecule has 5 nitrogen and oxygen atoms in total. The minimum Gasteiger partial charge on any atom is -0.338 e. The molecular formula is C13H18N2O3S. The Morgan fingerprint density at radius 1 is 1.42 bits per heavy atom. The maximum absolute atomic E-state index is 12.4. The number of likely N-dealkylation sites (tertiary alicyclic amines) is 1. The molecular weight excluding hydrogens is 264 g/mol. The van der Waals surface area contributed by atoms with Gasteiger partial charge in [0.05, 0.1) is 10.5 Å². The van der Waals surface area contributed by atoms with E-state index in [1.807, 2.05) is 6.92 Å². The molecule has 1 aliphatic rings. The molecule has 1 atom stereocenters. The van der Waals surface area contributed by atoms with Crippen molar-refractivity contribution in [3.63, 3.8) is 0 Å². The molecule has 1 aromatic carbocycles. The number of hydrogen-bond donors (Lipinski definition) is 1. The number of primary sulfonamides is 1. The Kier molecular flexibility index (Phi) is 3.64. The van der Waals surface area contributed by atoms with Crippen LogP contribution >= 0.6 is 0 Å². The molecule has 1 fully saturated rings. The standard InChI is InChI=1S/C13H18N2O3S/c1-9-3-4-12(19(14,17)18)11(7-9)13(16)15-6-5-10(2)8-15/h3-4,7,10H,5-6,8H2,1-2H3,(H2,14,17,18). The number of nitrogens with two attached hydrogens (primary N) is 1. The number of rotatable bonds is 2. The molecule has 0 aromatic heterocycles. The van der Waals surface area contributed by atoms with Gasteiger partial charge in [-0.1, -0.05) is 18.6 Å². The van der Waals surface area contributed by atoms with Crippen LogP contribution in [-0.4, -0.2) is 32.3 Å². The first-order valence-corrected chi connectivity index (χ1v) is 7.76. The van der Waals surface area contributed by atoms with E-state index in [9.17, 15) is 13.2 Å². The van der Waals surface area contributed by atoms with E-state index in [1.54, 1.807) is 17.0 Å². The fraction of sp³-hybridized carbons (Fsp3) is 0.462. The van der Waals surface area contributed by atoms with E-state index in [0.717, 1.165) is 12.0 Å². The number of sulfonamides is 1. The summed E-state index contributed by atoms with van der Waals surface area (Å²) in [6.45, 7) is 5.22. The van der Waals surface area contributed by atoms with Crippen LogP contribution in [0.2, 0.25) is 0 Å². The first-order valence-electron chi connectivity index (χ1n) is 6.22. The summed E-state index contributed by atoms with van der Waals surface area (Å²) in [5.74, 6) is 0.198. The number of carbonyl (C=O) groups excluding carboxylic acids is 1. The quantitative estimate of drug-likeness (QED) is 0.882. The van der Waals surface area contributed by atoms with Crippen molar-refractivity contribution in [2.75, 3.05) is 13.1 Å². The van der Waals surface area contributed by atoms with Gasteiger partial charge >= 0.3 is 0 Å². The first-order chi connectivity index (χ1) is 8.79. The highest BCUT2D eigenvalue weighted by Crippen LogP contribution is 2.22. The minimum atomic E-state index is -3.89. The van der Waals surface area contributed by atoms with Crippen LogP contribution < -0.4 is 5.14 Å². The Hall–Kier alpha value is -1.40. The van der Waals surface area contributed by atoms with E-state index in [-0.39, 0.29) is 16.4 Å². The van der Waals surface area contributed by atoms with Crippen molar-refractivity contribution in [3.05, 3.63) is 29.3 Å². The summed E-state index contributed by atoms with van der Waals surface area (Å²) in [6.07, 6.45) is 0.947. The van der Waals surface area contributed by atoms with Crippen LogP contribution in [0.15, 0.2) is 23.1 Å². The third kappa shape index (κ3) is 2.96. The zero-order valence-electron chi connectivity index (χ0n) is 11.1. The van der Waals surface area contributed by atoms with Crippen LogP contribution in [-0.2, 0) is 10.0 Å². The molecule has 6 heteroatoms. The summed E-state index contributed by atoms with van der Waals surface area (Å²) in [6, 6.07) is 4.63. The second-order valence-electron chi connectivity index (χ2n) is 5.19. The maximum atomic E-state index is 12.4. The van der Waals surface area contributed by atoms with Crippen molar-refractivity contribution < 1.29 is 13.2 Å². The van der Waals surface area contributed by atoms with E-state index >= 15 is 0 Å². The summed E-state index contributed by atoms with van der Waals surface area (Å²) in [5.41, 5.74) is 1.01. The fourth-order valence-corrected chi connectivity index (χ4v) is 3.06. The van der Waals surface area contributed by atoms with Gasteiger partial charge in [0.15, 0.2) is 0 Å². The van der Waals surface area contributed by atoms with Crippen LogP contribution in [0.5, 0.6) is 0 Å². The second-order valence-corrected chi connectivity index (χ2v) is 6.72. The van der Waals surface area contributed by atoms with E-state index in [2.05, 4.69) is 6.92 Å². The highest BCUT2D eigenvalue weighted by atomic mass is 32.2. The highest BCUT2D eigenvalue weighted by molar-refractivity contribution is 7.89. The zero-order valence-corrected chi connectivity index (χ0v) is 11.9. The second kappa shape index (κ2) is 4.94. The topological polar surface area (TPSA) is 80.5 Å². The molecule has 1 amide bonds. The van der Waals surface area contributed by atoms with Crippen LogP contribution in [0.4, 0.5) is 0 Å². The lowest BCUT2D eigenvalue weighted by Gasteiger charge is -2.18. The van der Waals surface area contributed by atoms with E-state index in [1.165, 1.54) is 6.07 Å². The summed E-state index contributed by atoms with van der Waals surface area (Å²) in [7, 11) is -3.89. The monoisotopic (exact) mass is 282 g/mol. The molecule has 1 saturated heterocycles. The van der Waals surface area contributed by atoms with Crippen molar-refractivity contribution in [3.8, 4) is 0 Å². The summed E-state index contributed by atoms with van der Waals surface area (Å²) >= 11 is 0. The van der Waals surface area contributed by atoms with Gasteiger partial charge in [0.25, 0.3) is 5.91 Å². The van der Waals surface area contributed by atoms with Gasteiger partial charge in [0, 0.05) is 13.1 Å². The Morgan fingerprint density at radius 3 is 2.63 bits per heavy atom. The van der Waals surface area contributed by atoms with Crippen LogP contribution in [0.1, 0.15) is 29.3 Å². The third-order valence-corrected chi connectivity index (χ3v) is 4.35. The average molecular weight is 282 g/mol. The van der Waals surface area contributed by atoms with E-state index < -0.39 is 10.0 Å². The molecule has 1 aliphatic heterocycles. The smallest absolute Gasteiger partial charge is 0.255 e. The van der Waals surface area contributed by atoms with Crippen LogP contribution in [0.25, 0.3) is 0 Å². The normalized spacial score (nSPS) is 19.7.